The van der Waals surface area contributed by atoms with Gasteiger partial charge in [-0.05, 0) is 42.7 Å². The maximum Gasteiger partial charge on any atom is 0.224 e. The number of unbranched alkanes of at least 4 members (excludes halogenated alkanes) is 1. The maximum absolute atomic E-state index is 9.22. The van der Waals surface area contributed by atoms with Gasteiger partial charge in [0.05, 0.1) is 6.61 Å². The number of aliphatic hydroxyl groups is 1. The molecule has 0 atom stereocenters. The predicted octanol–water partition coefficient (Wildman–Crippen LogP) is 3.71. The van der Waals surface area contributed by atoms with E-state index in [0.29, 0.717) is 11.4 Å². The lowest BCUT2D eigenvalue weighted by atomic mass is 10.1. The van der Waals surface area contributed by atoms with Crippen molar-refractivity contribution in [1.29, 1.82) is 0 Å². The zero-order valence-corrected chi connectivity index (χ0v) is 11.2. The monoisotopic (exact) mass is 257 g/mol. The Morgan fingerprint density at radius 2 is 1.95 bits per heavy atom. The predicted molar refractivity (Wildman–Crippen MR) is 75.3 cm³/mol. The SMILES string of the molecule is CCCCc1ccc(Oc2ncccc2CO)cc1. The summed E-state index contributed by atoms with van der Waals surface area (Å²) in [4.78, 5) is 4.13. The van der Waals surface area contributed by atoms with Gasteiger partial charge in [-0.3, -0.25) is 0 Å². The molecule has 100 valence electrons. The molecule has 1 aromatic carbocycles. The molecule has 0 bridgehead atoms. The summed E-state index contributed by atoms with van der Waals surface area (Å²) in [5.74, 6) is 1.21. The van der Waals surface area contributed by atoms with Crippen LogP contribution in [-0.2, 0) is 13.0 Å². The third-order valence-corrected chi connectivity index (χ3v) is 2.98. The molecule has 0 aliphatic rings. The van der Waals surface area contributed by atoms with Gasteiger partial charge in [-0.2, -0.15) is 0 Å². The van der Waals surface area contributed by atoms with Gasteiger partial charge in [0, 0.05) is 11.8 Å². The van der Waals surface area contributed by atoms with Crippen LogP contribution in [0.15, 0.2) is 42.6 Å². The van der Waals surface area contributed by atoms with Gasteiger partial charge in [-0.25, -0.2) is 4.98 Å². The fourth-order valence-electron chi connectivity index (χ4n) is 1.85. The molecule has 1 aromatic heterocycles. The van der Waals surface area contributed by atoms with Gasteiger partial charge in [0.15, 0.2) is 0 Å². The topological polar surface area (TPSA) is 42.4 Å². The largest absolute Gasteiger partial charge is 0.439 e. The zero-order valence-electron chi connectivity index (χ0n) is 11.2. The molecular weight excluding hydrogens is 238 g/mol. The Morgan fingerprint density at radius 3 is 2.63 bits per heavy atom. The number of aliphatic hydroxyl groups excluding tert-OH is 1. The fourth-order valence-corrected chi connectivity index (χ4v) is 1.85. The summed E-state index contributed by atoms with van der Waals surface area (Å²) < 4.78 is 5.69. The normalized spacial score (nSPS) is 10.4. The summed E-state index contributed by atoms with van der Waals surface area (Å²) in [6, 6.07) is 11.6. The molecule has 19 heavy (non-hydrogen) atoms. The van der Waals surface area contributed by atoms with Crippen molar-refractivity contribution in [1.82, 2.24) is 4.98 Å². The maximum atomic E-state index is 9.22. The smallest absolute Gasteiger partial charge is 0.224 e. The van der Waals surface area contributed by atoms with E-state index in [9.17, 15) is 5.11 Å². The Labute approximate surface area is 113 Å². The number of aromatic nitrogens is 1. The van der Waals surface area contributed by atoms with E-state index in [0.717, 1.165) is 12.2 Å². The molecule has 0 fully saturated rings. The second kappa shape index (κ2) is 6.90. The Hall–Kier alpha value is -1.87. The third kappa shape index (κ3) is 3.80. The fraction of sp³-hybridized carbons (Fsp3) is 0.312. The van der Waals surface area contributed by atoms with Crippen LogP contribution in [0.2, 0.25) is 0 Å². The highest BCUT2D eigenvalue weighted by atomic mass is 16.5. The van der Waals surface area contributed by atoms with Crippen molar-refractivity contribution in [2.75, 3.05) is 0 Å². The van der Waals surface area contributed by atoms with Crippen LogP contribution >= 0.6 is 0 Å². The lowest BCUT2D eigenvalue weighted by Crippen LogP contribution is -1.94. The first-order valence-corrected chi connectivity index (χ1v) is 6.65. The summed E-state index contributed by atoms with van der Waals surface area (Å²) in [6.45, 7) is 2.12. The number of hydrogen-bond donors (Lipinski definition) is 1. The number of rotatable bonds is 6. The molecule has 3 nitrogen and oxygen atoms in total. The minimum Gasteiger partial charge on any atom is -0.439 e. The van der Waals surface area contributed by atoms with E-state index in [1.54, 1.807) is 18.3 Å². The van der Waals surface area contributed by atoms with Crippen molar-refractivity contribution in [3.8, 4) is 11.6 Å². The number of ether oxygens (including phenoxy) is 1. The van der Waals surface area contributed by atoms with Crippen molar-refractivity contribution in [2.45, 2.75) is 32.8 Å². The average Bonchev–Trinajstić information content (AvgIpc) is 2.47. The van der Waals surface area contributed by atoms with Crippen LogP contribution in [0.5, 0.6) is 11.6 Å². The molecule has 1 heterocycles. The first kappa shape index (κ1) is 13.6. The van der Waals surface area contributed by atoms with Gasteiger partial charge in [0.1, 0.15) is 5.75 Å². The van der Waals surface area contributed by atoms with E-state index in [4.69, 9.17) is 4.74 Å². The molecule has 2 rings (SSSR count). The van der Waals surface area contributed by atoms with E-state index in [1.165, 1.54) is 18.4 Å². The molecule has 0 amide bonds. The Morgan fingerprint density at radius 1 is 1.16 bits per heavy atom. The summed E-state index contributed by atoms with van der Waals surface area (Å²) in [6.07, 6.45) is 5.16. The minimum absolute atomic E-state index is 0.0717. The summed E-state index contributed by atoms with van der Waals surface area (Å²) in [7, 11) is 0. The standard InChI is InChI=1S/C16H19NO2/c1-2-3-5-13-7-9-15(10-8-13)19-16-14(12-18)6-4-11-17-16/h4,6-11,18H,2-3,5,12H2,1H3. The molecular formula is C16H19NO2. The van der Waals surface area contributed by atoms with E-state index in [-0.39, 0.29) is 6.61 Å². The number of pyridine rings is 1. The lowest BCUT2D eigenvalue weighted by molar-refractivity contribution is 0.275. The molecule has 0 unspecified atom stereocenters. The lowest BCUT2D eigenvalue weighted by Gasteiger charge is -2.08. The highest BCUT2D eigenvalue weighted by Gasteiger charge is 2.04. The summed E-state index contributed by atoms with van der Waals surface area (Å²) in [5.41, 5.74) is 2.01. The van der Waals surface area contributed by atoms with Gasteiger partial charge in [0.2, 0.25) is 5.88 Å². The quantitative estimate of drug-likeness (QED) is 0.857. The number of nitrogens with zero attached hydrogens (tertiary/aromatic N) is 1. The van der Waals surface area contributed by atoms with Crippen molar-refractivity contribution < 1.29 is 9.84 Å². The van der Waals surface area contributed by atoms with E-state index in [1.807, 2.05) is 12.1 Å². The molecule has 2 aromatic rings. The van der Waals surface area contributed by atoms with Gasteiger partial charge in [-0.1, -0.05) is 25.5 Å². The van der Waals surface area contributed by atoms with Crippen LogP contribution in [0.25, 0.3) is 0 Å². The molecule has 1 N–H and O–H groups in total. The van der Waals surface area contributed by atoms with Crippen molar-refractivity contribution in [2.24, 2.45) is 0 Å². The van der Waals surface area contributed by atoms with E-state index >= 15 is 0 Å². The first-order chi connectivity index (χ1) is 9.33. The Kier molecular flexibility index (Phi) is 4.93. The minimum atomic E-state index is -0.0717. The average molecular weight is 257 g/mol. The van der Waals surface area contributed by atoms with Crippen LogP contribution in [-0.4, -0.2) is 10.1 Å². The first-order valence-electron chi connectivity index (χ1n) is 6.65. The Bertz CT molecular complexity index is 508. The van der Waals surface area contributed by atoms with Crippen molar-refractivity contribution >= 4 is 0 Å². The van der Waals surface area contributed by atoms with Gasteiger partial charge in [-0.15, -0.1) is 0 Å². The molecule has 0 aliphatic heterocycles. The van der Waals surface area contributed by atoms with Crippen LogP contribution in [0.3, 0.4) is 0 Å². The molecule has 0 radical (unpaired) electrons. The highest BCUT2D eigenvalue weighted by molar-refractivity contribution is 5.33. The van der Waals surface area contributed by atoms with Crippen LogP contribution in [0.1, 0.15) is 30.9 Å². The molecule has 0 saturated carbocycles. The molecule has 0 spiro atoms. The molecule has 0 aliphatic carbocycles. The summed E-state index contributed by atoms with van der Waals surface area (Å²) in [5, 5.41) is 9.22. The third-order valence-electron chi connectivity index (χ3n) is 2.98. The number of benzene rings is 1. The van der Waals surface area contributed by atoms with Crippen LogP contribution < -0.4 is 4.74 Å². The number of aryl methyl sites for hydroxylation is 1. The van der Waals surface area contributed by atoms with Crippen LogP contribution in [0, 0.1) is 0 Å². The Balaban J connectivity index is 2.06. The van der Waals surface area contributed by atoms with Crippen molar-refractivity contribution in [3.05, 3.63) is 53.7 Å². The van der Waals surface area contributed by atoms with Gasteiger partial charge in [0.25, 0.3) is 0 Å². The van der Waals surface area contributed by atoms with E-state index in [2.05, 4.69) is 24.0 Å². The number of hydrogen-bond acceptors (Lipinski definition) is 3. The second-order valence-electron chi connectivity index (χ2n) is 4.48. The molecule has 3 heteroatoms. The highest BCUT2D eigenvalue weighted by Crippen LogP contribution is 2.23. The zero-order chi connectivity index (χ0) is 13.5. The van der Waals surface area contributed by atoms with Gasteiger partial charge < -0.3 is 9.84 Å². The van der Waals surface area contributed by atoms with Gasteiger partial charge >= 0.3 is 0 Å². The van der Waals surface area contributed by atoms with Crippen LogP contribution in [0.4, 0.5) is 0 Å². The molecule has 0 saturated heterocycles. The van der Waals surface area contributed by atoms with E-state index < -0.39 is 0 Å². The second-order valence-corrected chi connectivity index (χ2v) is 4.48. The van der Waals surface area contributed by atoms with Crippen molar-refractivity contribution in [3.63, 3.8) is 0 Å². The summed E-state index contributed by atoms with van der Waals surface area (Å²) >= 11 is 0.